The van der Waals surface area contributed by atoms with E-state index in [2.05, 4.69) is 4.74 Å². The minimum absolute atomic E-state index is 0.0445. The molecule has 1 amide bonds. The zero-order chi connectivity index (χ0) is 13.6. The number of esters is 1. The maximum atomic E-state index is 12.1. The fourth-order valence-electron chi connectivity index (χ4n) is 1.41. The van der Waals surface area contributed by atoms with Crippen LogP contribution >= 0.6 is 0 Å². The zero-order valence-corrected chi connectivity index (χ0v) is 11.4. The van der Waals surface area contributed by atoms with Crippen molar-refractivity contribution in [2.45, 2.75) is 46.2 Å². The maximum Gasteiger partial charge on any atom is 0.325 e. The molecule has 17 heavy (non-hydrogen) atoms. The first-order chi connectivity index (χ1) is 7.84. The number of nitrogens with two attached hydrogens (primary N) is 1. The molecule has 0 rings (SSSR count). The van der Waals surface area contributed by atoms with Crippen LogP contribution in [0.3, 0.4) is 0 Å². The molecule has 0 heterocycles. The van der Waals surface area contributed by atoms with E-state index < -0.39 is 12.0 Å². The third-order valence-electron chi connectivity index (χ3n) is 2.98. The van der Waals surface area contributed by atoms with Gasteiger partial charge in [0.2, 0.25) is 5.91 Å². The lowest BCUT2D eigenvalue weighted by atomic mass is 9.98. The van der Waals surface area contributed by atoms with Gasteiger partial charge in [-0.25, -0.2) is 0 Å². The zero-order valence-electron chi connectivity index (χ0n) is 11.4. The van der Waals surface area contributed by atoms with E-state index in [4.69, 9.17) is 5.73 Å². The van der Waals surface area contributed by atoms with Gasteiger partial charge < -0.3 is 15.4 Å². The van der Waals surface area contributed by atoms with Gasteiger partial charge in [-0.1, -0.05) is 20.3 Å². The summed E-state index contributed by atoms with van der Waals surface area (Å²) in [7, 11) is 1.31. The predicted octanol–water partition coefficient (Wildman–Crippen LogP) is 0.770. The molecular weight excluding hydrogens is 220 g/mol. The first kappa shape index (κ1) is 15.9. The highest BCUT2D eigenvalue weighted by molar-refractivity contribution is 5.86. The van der Waals surface area contributed by atoms with Crippen molar-refractivity contribution in [3.05, 3.63) is 0 Å². The van der Waals surface area contributed by atoms with Gasteiger partial charge in [0.25, 0.3) is 0 Å². The van der Waals surface area contributed by atoms with E-state index in [1.54, 1.807) is 0 Å². The number of carbonyl (C=O) groups excluding carboxylic acids is 2. The summed E-state index contributed by atoms with van der Waals surface area (Å²) in [4.78, 5) is 24.8. The molecule has 2 N–H and O–H groups in total. The van der Waals surface area contributed by atoms with Gasteiger partial charge in [-0.2, -0.15) is 0 Å². The third kappa shape index (κ3) is 4.73. The normalized spacial score (nSPS) is 14.3. The number of rotatable bonds is 6. The number of hydrogen-bond donors (Lipinski definition) is 1. The Kier molecular flexibility index (Phi) is 6.80. The summed E-state index contributed by atoms with van der Waals surface area (Å²) in [5.41, 5.74) is 5.88. The number of methoxy groups -OCH3 is 1. The smallest absolute Gasteiger partial charge is 0.325 e. The molecule has 0 aromatic heterocycles. The van der Waals surface area contributed by atoms with Crippen molar-refractivity contribution in [2.75, 3.05) is 13.7 Å². The highest BCUT2D eigenvalue weighted by atomic mass is 16.5. The molecule has 0 radical (unpaired) electrons. The Morgan fingerprint density at radius 3 is 2.18 bits per heavy atom. The summed E-state index contributed by atoms with van der Waals surface area (Å²) in [6.45, 7) is 7.57. The van der Waals surface area contributed by atoms with Crippen LogP contribution in [0.5, 0.6) is 0 Å². The topological polar surface area (TPSA) is 72.6 Å². The Morgan fingerprint density at radius 2 is 1.82 bits per heavy atom. The molecule has 0 aliphatic heterocycles. The highest BCUT2D eigenvalue weighted by Gasteiger charge is 2.28. The van der Waals surface area contributed by atoms with Crippen LogP contribution in [0.2, 0.25) is 0 Å². The summed E-state index contributed by atoms with van der Waals surface area (Å²) in [5, 5.41) is 0. The average molecular weight is 244 g/mol. The molecular formula is C12H24N2O3. The SMILES string of the molecule is CCC(C)C(N)C(=O)N(CC(=O)OC)C(C)C. The highest BCUT2D eigenvalue weighted by Crippen LogP contribution is 2.10. The molecule has 0 fully saturated rings. The Morgan fingerprint density at radius 1 is 1.29 bits per heavy atom. The van der Waals surface area contributed by atoms with Crippen LogP contribution in [-0.4, -0.2) is 42.5 Å². The van der Waals surface area contributed by atoms with Crippen molar-refractivity contribution in [3.63, 3.8) is 0 Å². The van der Waals surface area contributed by atoms with Crippen LogP contribution in [0.15, 0.2) is 0 Å². The van der Waals surface area contributed by atoms with Gasteiger partial charge in [0.1, 0.15) is 6.54 Å². The number of hydrogen-bond acceptors (Lipinski definition) is 4. The van der Waals surface area contributed by atoms with E-state index in [0.29, 0.717) is 0 Å². The van der Waals surface area contributed by atoms with E-state index in [-0.39, 0.29) is 24.4 Å². The molecule has 5 heteroatoms. The first-order valence-electron chi connectivity index (χ1n) is 5.97. The second kappa shape index (κ2) is 7.27. The Hall–Kier alpha value is -1.10. The molecule has 0 aromatic rings. The minimum atomic E-state index is -0.563. The Bertz CT molecular complexity index is 266. The molecule has 100 valence electrons. The van der Waals surface area contributed by atoms with E-state index >= 15 is 0 Å². The monoisotopic (exact) mass is 244 g/mol. The predicted molar refractivity (Wildman–Crippen MR) is 66.3 cm³/mol. The van der Waals surface area contributed by atoms with Gasteiger partial charge in [0.15, 0.2) is 0 Å². The van der Waals surface area contributed by atoms with E-state index in [0.717, 1.165) is 6.42 Å². The number of amides is 1. The summed E-state index contributed by atoms with van der Waals surface area (Å²) in [6, 6.07) is -0.635. The fourth-order valence-corrected chi connectivity index (χ4v) is 1.41. The molecule has 0 aliphatic rings. The fraction of sp³-hybridized carbons (Fsp3) is 0.833. The molecule has 0 aliphatic carbocycles. The lowest BCUT2D eigenvalue weighted by molar-refractivity contribution is -0.149. The molecule has 0 aromatic carbocycles. The summed E-state index contributed by atoms with van der Waals surface area (Å²) in [5.74, 6) is -0.524. The molecule has 2 unspecified atom stereocenters. The van der Waals surface area contributed by atoms with Crippen LogP contribution < -0.4 is 5.73 Å². The second-order valence-corrected chi connectivity index (χ2v) is 4.55. The first-order valence-corrected chi connectivity index (χ1v) is 5.97. The summed E-state index contributed by atoms with van der Waals surface area (Å²) in [6.07, 6.45) is 0.830. The molecule has 5 nitrogen and oxygen atoms in total. The quantitative estimate of drug-likeness (QED) is 0.700. The lowest BCUT2D eigenvalue weighted by Crippen LogP contribution is -2.51. The van der Waals surface area contributed by atoms with Crippen molar-refractivity contribution in [3.8, 4) is 0 Å². The number of ether oxygens (including phenoxy) is 1. The van der Waals surface area contributed by atoms with Gasteiger partial charge >= 0.3 is 5.97 Å². The van der Waals surface area contributed by atoms with Crippen LogP contribution in [0.25, 0.3) is 0 Å². The van der Waals surface area contributed by atoms with E-state index in [1.165, 1.54) is 12.0 Å². The molecule has 0 bridgehead atoms. The van der Waals surface area contributed by atoms with Crippen molar-refractivity contribution < 1.29 is 14.3 Å². The van der Waals surface area contributed by atoms with Crippen LogP contribution in [0, 0.1) is 5.92 Å². The number of carbonyl (C=O) groups is 2. The van der Waals surface area contributed by atoms with Gasteiger partial charge in [0.05, 0.1) is 13.2 Å². The van der Waals surface area contributed by atoms with E-state index in [1.807, 2.05) is 27.7 Å². The van der Waals surface area contributed by atoms with Crippen molar-refractivity contribution in [1.29, 1.82) is 0 Å². The van der Waals surface area contributed by atoms with Crippen LogP contribution in [0.1, 0.15) is 34.1 Å². The van der Waals surface area contributed by atoms with Gasteiger partial charge in [-0.3, -0.25) is 9.59 Å². The van der Waals surface area contributed by atoms with Crippen LogP contribution in [-0.2, 0) is 14.3 Å². The largest absolute Gasteiger partial charge is 0.468 e. The van der Waals surface area contributed by atoms with Crippen LogP contribution in [0.4, 0.5) is 0 Å². The van der Waals surface area contributed by atoms with Crippen molar-refractivity contribution in [1.82, 2.24) is 4.90 Å². The average Bonchev–Trinajstić information content (AvgIpc) is 2.32. The standard InChI is InChI=1S/C12H24N2O3/c1-6-9(4)11(13)12(16)14(8(2)3)7-10(15)17-5/h8-9,11H,6-7,13H2,1-5H3. The molecule has 2 atom stereocenters. The second-order valence-electron chi connectivity index (χ2n) is 4.55. The Balaban J connectivity index is 4.71. The van der Waals surface area contributed by atoms with Crippen molar-refractivity contribution >= 4 is 11.9 Å². The molecule has 0 saturated carbocycles. The van der Waals surface area contributed by atoms with Crippen molar-refractivity contribution in [2.24, 2.45) is 11.7 Å². The third-order valence-corrected chi connectivity index (χ3v) is 2.98. The Labute approximate surface area is 103 Å². The van der Waals surface area contributed by atoms with E-state index in [9.17, 15) is 9.59 Å². The summed E-state index contributed by atoms with van der Waals surface area (Å²) < 4.78 is 4.57. The molecule has 0 spiro atoms. The van der Waals surface area contributed by atoms with Gasteiger partial charge in [-0.05, 0) is 19.8 Å². The molecule has 0 saturated heterocycles. The van der Waals surface area contributed by atoms with Gasteiger partial charge in [0, 0.05) is 6.04 Å². The minimum Gasteiger partial charge on any atom is -0.468 e. The maximum absolute atomic E-state index is 12.1. The van der Waals surface area contributed by atoms with Gasteiger partial charge in [-0.15, -0.1) is 0 Å². The summed E-state index contributed by atoms with van der Waals surface area (Å²) >= 11 is 0. The number of nitrogens with zero attached hydrogens (tertiary/aromatic N) is 1. The lowest BCUT2D eigenvalue weighted by Gasteiger charge is -2.30.